The van der Waals surface area contributed by atoms with Crippen LogP contribution in [-0.2, 0) is 31.7 Å². The Morgan fingerprint density at radius 3 is 1.74 bits per heavy atom. The highest BCUT2D eigenvalue weighted by atomic mass is 19.4. The van der Waals surface area contributed by atoms with E-state index in [2.05, 4.69) is 0 Å². The summed E-state index contributed by atoms with van der Waals surface area (Å²) in [6, 6.07) is 4.29. The van der Waals surface area contributed by atoms with Gasteiger partial charge in [-0.3, -0.25) is 9.59 Å². The van der Waals surface area contributed by atoms with E-state index < -0.39 is 29.1 Å². The van der Waals surface area contributed by atoms with Gasteiger partial charge in [0.05, 0.1) is 18.8 Å². The maximum Gasteiger partial charge on any atom is 0.416 e. The Morgan fingerprint density at radius 1 is 0.957 bits per heavy atom. The number of esters is 2. The summed E-state index contributed by atoms with van der Waals surface area (Å²) in [6.45, 7) is 4.73. The molecule has 0 saturated heterocycles. The summed E-state index contributed by atoms with van der Waals surface area (Å²) in [4.78, 5) is 24.2. The molecule has 1 aromatic carbocycles. The Kier molecular flexibility index (Phi) is 6.18. The molecule has 0 aromatic heterocycles. The summed E-state index contributed by atoms with van der Waals surface area (Å²) in [7, 11) is 0. The zero-order chi connectivity index (χ0) is 17.7. The number of rotatable bonds is 6. The van der Waals surface area contributed by atoms with E-state index in [0.29, 0.717) is 5.56 Å². The predicted octanol–water partition coefficient (Wildman–Crippen LogP) is 3.38. The second kappa shape index (κ2) is 7.48. The van der Waals surface area contributed by atoms with Crippen molar-refractivity contribution in [2.75, 3.05) is 13.2 Å². The van der Waals surface area contributed by atoms with Crippen LogP contribution in [0.1, 0.15) is 31.9 Å². The van der Waals surface area contributed by atoms with Crippen LogP contribution >= 0.6 is 0 Å². The minimum Gasteiger partial charge on any atom is -0.465 e. The number of carbonyl (C=O) groups is 2. The van der Waals surface area contributed by atoms with Crippen molar-refractivity contribution < 1.29 is 32.2 Å². The second-order valence-corrected chi connectivity index (χ2v) is 5.14. The van der Waals surface area contributed by atoms with Crippen molar-refractivity contribution in [2.45, 2.75) is 33.4 Å². The van der Waals surface area contributed by atoms with Gasteiger partial charge in [-0.25, -0.2) is 0 Å². The first-order valence-corrected chi connectivity index (χ1v) is 7.15. The highest BCUT2D eigenvalue weighted by Gasteiger charge is 2.44. The van der Waals surface area contributed by atoms with Gasteiger partial charge in [-0.2, -0.15) is 13.2 Å². The Morgan fingerprint density at radius 2 is 1.39 bits per heavy atom. The number of benzene rings is 1. The lowest BCUT2D eigenvalue weighted by atomic mass is 9.83. The van der Waals surface area contributed by atoms with Crippen LogP contribution in [0.4, 0.5) is 13.2 Å². The van der Waals surface area contributed by atoms with E-state index in [-0.39, 0.29) is 19.6 Å². The molecular weight excluding hydrogens is 313 g/mol. The zero-order valence-electron chi connectivity index (χ0n) is 13.2. The van der Waals surface area contributed by atoms with Crippen LogP contribution in [0.3, 0.4) is 0 Å². The highest BCUT2D eigenvalue weighted by molar-refractivity contribution is 5.99. The van der Waals surface area contributed by atoms with Crippen LogP contribution < -0.4 is 0 Å². The minimum absolute atomic E-state index is 0.0842. The molecule has 0 saturated carbocycles. The highest BCUT2D eigenvalue weighted by Crippen LogP contribution is 2.31. The summed E-state index contributed by atoms with van der Waals surface area (Å²) in [6.07, 6.45) is -4.55. The molecule has 0 spiro atoms. The van der Waals surface area contributed by atoms with Gasteiger partial charge in [0.2, 0.25) is 0 Å². The first kappa shape index (κ1) is 19.0. The molecule has 23 heavy (non-hydrogen) atoms. The smallest absolute Gasteiger partial charge is 0.416 e. The molecule has 0 fully saturated rings. The molecule has 0 aliphatic carbocycles. The van der Waals surface area contributed by atoms with Crippen LogP contribution in [0.15, 0.2) is 24.3 Å². The molecule has 7 heteroatoms. The van der Waals surface area contributed by atoms with E-state index in [9.17, 15) is 22.8 Å². The first-order valence-electron chi connectivity index (χ1n) is 7.15. The molecule has 0 N–H and O–H groups in total. The van der Waals surface area contributed by atoms with Gasteiger partial charge in [0, 0.05) is 0 Å². The molecule has 0 aliphatic rings. The van der Waals surface area contributed by atoms with Crippen molar-refractivity contribution >= 4 is 11.9 Å². The quantitative estimate of drug-likeness (QED) is 0.592. The Hall–Kier alpha value is -2.05. The van der Waals surface area contributed by atoms with Crippen LogP contribution in [0.5, 0.6) is 0 Å². The van der Waals surface area contributed by atoms with Crippen LogP contribution in [0.2, 0.25) is 0 Å². The Bertz CT molecular complexity index is 531. The molecule has 1 rings (SSSR count). The second-order valence-electron chi connectivity index (χ2n) is 5.14. The van der Waals surface area contributed by atoms with Gasteiger partial charge in [0.1, 0.15) is 0 Å². The number of halogens is 3. The van der Waals surface area contributed by atoms with E-state index in [0.717, 1.165) is 12.1 Å². The summed E-state index contributed by atoms with van der Waals surface area (Å²) in [5.41, 5.74) is -2.00. The molecule has 4 nitrogen and oxygen atoms in total. The lowest BCUT2D eigenvalue weighted by Gasteiger charge is -2.25. The SMILES string of the molecule is CCOC(=O)C(C)(Cc1ccc(C(F)(F)F)cc1)C(=O)OCC. The average molecular weight is 332 g/mol. The fourth-order valence-corrected chi connectivity index (χ4v) is 2.03. The topological polar surface area (TPSA) is 52.6 Å². The molecule has 0 radical (unpaired) electrons. The maximum atomic E-state index is 12.6. The largest absolute Gasteiger partial charge is 0.465 e. The Labute approximate surface area is 132 Å². The molecule has 0 aliphatic heterocycles. The third-order valence-corrected chi connectivity index (χ3v) is 3.29. The van der Waals surface area contributed by atoms with Crippen molar-refractivity contribution in [2.24, 2.45) is 5.41 Å². The zero-order valence-corrected chi connectivity index (χ0v) is 13.2. The number of hydrogen-bond donors (Lipinski definition) is 0. The Balaban J connectivity index is 3.06. The molecule has 0 unspecified atom stereocenters. The van der Waals surface area contributed by atoms with Crippen molar-refractivity contribution in [3.63, 3.8) is 0 Å². The molecular formula is C16H19F3O4. The van der Waals surface area contributed by atoms with E-state index in [1.54, 1.807) is 13.8 Å². The molecule has 0 heterocycles. The maximum absolute atomic E-state index is 12.6. The van der Waals surface area contributed by atoms with Gasteiger partial charge in [0.15, 0.2) is 5.41 Å². The molecule has 128 valence electrons. The van der Waals surface area contributed by atoms with Crippen molar-refractivity contribution in [3.8, 4) is 0 Å². The third-order valence-electron chi connectivity index (χ3n) is 3.29. The molecule has 0 bridgehead atoms. The van der Waals surface area contributed by atoms with Crippen molar-refractivity contribution in [1.82, 2.24) is 0 Å². The number of carbonyl (C=O) groups excluding carboxylic acids is 2. The summed E-state index contributed by atoms with van der Waals surface area (Å²) >= 11 is 0. The van der Waals surface area contributed by atoms with Gasteiger partial charge in [-0.05, 0) is 44.9 Å². The fourth-order valence-electron chi connectivity index (χ4n) is 2.03. The predicted molar refractivity (Wildman–Crippen MR) is 76.5 cm³/mol. The molecule has 0 atom stereocenters. The summed E-state index contributed by atoms with van der Waals surface area (Å²) in [5.74, 6) is -1.53. The lowest BCUT2D eigenvalue weighted by Crippen LogP contribution is -2.41. The third kappa shape index (κ3) is 4.71. The van der Waals surface area contributed by atoms with Gasteiger partial charge in [0.25, 0.3) is 0 Å². The van der Waals surface area contributed by atoms with Gasteiger partial charge < -0.3 is 9.47 Å². The van der Waals surface area contributed by atoms with Gasteiger partial charge in [-0.15, -0.1) is 0 Å². The summed E-state index contributed by atoms with van der Waals surface area (Å²) in [5, 5.41) is 0. The monoisotopic (exact) mass is 332 g/mol. The first-order chi connectivity index (χ1) is 10.6. The number of hydrogen-bond acceptors (Lipinski definition) is 4. The lowest BCUT2D eigenvalue weighted by molar-refractivity contribution is -0.170. The van der Waals surface area contributed by atoms with Crippen LogP contribution in [0, 0.1) is 5.41 Å². The van der Waals surface area contributed by atoms with E-state index >= 15 is 0 Å². The van der Waals surface area contributed by atoms with Gasteiger partial charge >= 0.3 is 18.1 Å². The van der Waals surface area contributed by atoms with E-state index in [4.69, 9.17) is 9.47 Å². The standard InChI is InChI=1S/C16H19F3O4/c1-4-22-13(20)15(3,14(21)23-5-2)10-11-6-8-12(9-7-11)16(17,18)19/h6-9H,4-5,10H2,1-3H3. The summed E-state index contributed by atoms with van der Waals surface area (Å²) < 4.78 is 47.5. The number of alkyl halides is 3. The van der Waals surface area contributed by atoms with Crippen molar-refractivity contribution in [3.05, 3.63) is 35.4 Å². The number of ether oxygens (including phenoxy) is 2. The molecule has 1 aromatic rings. The minimum atomic E-state index is -4.44. The van der Waals surface area contributed by atoms with Crippen LogP contribution in [-0.4, -0.2) is 25.2 Å². The fraction of sp³-hybridized carbons (Fsp3) is 0.500. The van der Waals surface area contributed by atoms with E-state index in [1.807, 2.05) is 0 Å². The van der Waals surface area contributed by atoms with Crippen molar-refractivity contribution in [1.29, 1.82) is 0 Å². The van der Waals surface area contributed by atoms with E-state index in [1.165, 1.54) is 19.1 Å². The normalized spacial score (nSPS) is 11.9. The molecule has 0 amide bonds. The van der Waals surface area contributed by atoms with Gasteiger partial charge in [-0.1, -0.05) is 12.1 Å². The van der Waals surface area contributed by atoms with Crippen LogP contribution in [0.25, 0.3) is 0 Å². The average Bonchev–Trinajstić information content (AvgIpc) is 2.47.